The predicted molar refractivity (Wildman–Crippen MR) is 85.1 cm³/mol. The lowest BCUT2D eigenvalue weighted by molar-refractivity contribution is 0.409. The van der Waals surface area contributed by atoms with Gasteiger partial charge < -0.3 is 15.4 Å². The minimum atomic E-state index is 0.0459. The Hall–Kier alpha value is -2.78. The van der Waals surface area contributed by atoms with E-state index in [0.717, 1.165) is 5.56 Å². The van der Waals surface area contributed by atoms with Crippen LogP contribution in [0.15, 0.2) is 36.4 Å². The highest BCUT2D eigenvalue weighted by Gasteiger charge is 2.08. The van der Waals surface area contributed by atoms with Crippen LogP contribution in [0.25, 0.3) is 0 Å². The smallest absolute Gasteiger partial charge is 0.194 e. The summed E-state index contributed by atoms with van der Waals surface area (Å²) in [6.45, 7) is 0.326. The van der Waals surface area contributed by atoms with Crippen LogP contribution in [0.2, 0.25) is 5.02 Å². The summed E-state index contributed by atoms with van der Waals surface area (Å²) in [5.74, 6) is 1.12. The minimum absolute atomic E-state index is 0.0459. The van der Waals surface area contributed by atoms with Crippen molar-refractivity contribution in [2.75, 3.05) is 12.4 Å². The molecule has 112 valence electrons. The number of guanidine groups is 1. The van der Waals surface area contributed by atoms with Crippen molar-refractivity contribution in [3.8, 4) is 11.8 Å². The summed E-state index contributed by atoms with van der Waals surface area (Å²) in [6.07, 6.45) is 0. The van der Waals surface area contributed by atoms with E-state index in [2.05, 4.69) is 15.6 Å². The number of rotatable bonds is 4. The number of methoxy groups -OCH3 is 1. The molecule has 0 fully saturated rings. The lowest BCUT2D eigenvalue weighted by atomic mass is 10.2. The summed E-state index contributed by atoms with van der Waals surface area (Å²) in [5, 5.41) is 22.9. The number of pyridine rings is 1. The molecule has 22 heavy (non-hydrogen) atoms. The van der Waals surface area contributed by atoms with Gasteiger partial charge in [0.2, 0.25) is 0 Å². The highest BCUT2D eigenvalue weighted by molar-refractivity contribution is 6.31. The van der Waals surface area contributed by atoms with Crippen LogP contribution in [0.4, 0.5) is 5.82 Å². The first-order valence-corrected chi connectivity index (χ1v) is 6.80. The van der Waals surface area contributed by atoms with Crippen LogP contribution >= 0.6 is 11.6 Å². The molecule has 0 spiro atoms. The van der Waals surface area contributed by atoms with Crippen LogP contribution in [0.3, 0.4) is 0 Å². The van der Waals surface area contributed by atoms with Gasteiger partial charge in [0.15, 0.2) is 5.96 Å². The van der Waals surface area contributed by atoms with Gasteiger partial charge in [-0.3, -0.25) is 5.41 Å². The van der Waals surface area contributed by atoms with E-state index in [9.17, 15) is 0 Å². The molecule has 2 aromatic rings. The van der Waals surface area contributed by atoms with Crippen LogP contribution in [0.1, 0.15) is 11.3 Å². The van der Waals surface area contributed by atoms with Crippen LogP contribution in [-0.4, -0.2) is 18.1 Å². The SMILES string of the molecule is COc1cccc(Cl)c1CNC(=N)Nc1cccc(C#N)n1. The second-order valence-corrected chi connectivity index (χ2v) is 4.70. The maximum atomic E-state index is 8.80. The largest absolute Gasteiger partial charge is 0.496 e. The number of ether oxygens (including phenoxy) is 1. The van der Waals surface area contributed by atoms with Crippen molar-refractivity contribution in [1.82, 2.24) is 10.3 Å². The Bertz CT molecular complexity index is 726. The number of hydrogen-bond acceptors (Lipinski definition) is 4. The molecule has 1 aromatic heterocycles. The third kappa shape index (κ3) is 3.87. The first-order valence-electron chi connectivity index (χ1n) is 6.42. The monoisotopic (exact) mass is 315 g/mol. The average Bonchev–Trinajstić information content (AvgIpc) is 2.53. The van der Waals surface area contributed by atoms with Crippen LogP contribution in [-0.2, 0) is 6.54 Å². The Kier molecular flexibility index (Phi) is 5.17. The van der Waals surface area contributed by atoms with Crippen molar-refractivity contribution in [2.45, 2.75) is 6.54 Å². The standard InChI is InChI=1S/C15H14ClN5O/c1-22-13-6-3-5-12(16)11(13)9-19-15(18)21-14-7-2-4-10(8-17)20-14/h2-7H,9H2,1H3,(H3,18,19,20,21). The van der Waals surface area contributed by atoms with Gasteiger partial charge in [-0.1, -0.05) is 23.7 Å². The molecule has 0 aliphatic carbocycles. The molecule has 0 unspecified atom stereocenters. The Balaban J connectivity index is 2.00. The molecule has 0 amide bonds. The molecule has 7 heteroatoms. The van der Waals surface area contributed by atoms with Gasteiger partial charge in [0.1, 0.15) is 23.3 Å². The normalized spacial score (nSPS) is 9.68. The van der Waals surface area contributed by atoms with Gasteiger partial charge in [-0.15, -0.1) is 0 Å². The third-order valence-electron chi connectivity index (χ3n) is 2.85. The van der Waals surface area contributed by atoms with Crippen molar-refractivity contribution < 1.29 is 4.74 Å². The molecule has 2 rings (SSSR count). The molecule has 0 atom stereocenters. The maximum Gasteiger partial charge on any atom is 0.194 e. The highest BCUT2D eigenvalue weighted by Crippen LogP contribution is 2.25. The fourth-order valence-corrected chi connectivity index (χ4v) is 2.05. The maximum absolute atomic E-state index is 8.80. The summed E-state index contributed by atoms with van der Waals surface area (Å²) in [5.41, 5.74) is 1.04. The molecule has 0 bridgehead atoms. The van der Waals surface area contributed by atoms with Gasteiger partial charge in [-0.05, 0) is 24.3 Å². The van der Waals surface area contributed by atoms with E-state index in [1.165, 1.54) is 0 Å². The molecular formula is C15H14ClN5O. The molecule has 1 heterocycles. The topological polar surface area (TPSA) is 93.8 Å². The lowest BCUT2D eigenvalue weighted by Crippen LogP contribution is -2.29. The zero-order valence-corrected chi connectivity index (χ0v) is 12.6. The van der Waals surface area contributed by atoms with Crippen LogP contribution < -0.4 is 15.4 Å². The number of benzene rings is 1. The zero-order chi connectivity index (χ0) is 15.9. The Labute approximate surface area is 133 Å². The van der Waals surface area contributed by atoms with E-state index in [4.69, 9.17) is 27.0 Å². The van der Waals surface area contributed by atoms with Crippen LogP contribution in [0, 0.1) is 16.7 Å². The number of hydrogen-bond donors (Lipinski definition) is 3. The lowest BCUT2D eigenvalue weighted by Gasteiger charge is -2.13. The Morgan fingerprint density at radius 1 is 1.36 bits per heavy atom. The quantitative estimate of drug-likeness (QED) is 0.596. The van der Waals surface area contributed by atoms with Gasteiger partial charge in [-0.25, -0.2) is 4.98 Å². The van der Waals surface area contributed by atoms with Gasteiger partial charge >= 0.3 is 0 Å². The molecule has 3 N–H and O–H groups in total. The number of halogens is 1. The second kappa shape index (κ2) is 7.29. The Morgan fingerprint density at radius 3 is 2.86 bits per heavy atom. The molecule has 0 aliphatic heterocycles. The third-order valence-corrected chi connectivity index (χ3v) is 3.21. The molecule has 0 radical (unpaired) electrons. The van der Waals surface area contributed by atoms with Crippen molar-refractivity contribution in [1.29, 1.82) is 10.7 Å². The predicted octanol–water partition coefficient (Wildman–Crippen LogP) is 2.75. The van der Waals surface area contributed by atoms with Crippen LogP contribution in [0.5, 0.6) is 5.75 Å². The molecule has 0 saturated carbocycles. The van der Waals surface area contributed by atoms with E-state index in [0.29, 0.717) is 23.1 Å². The highest BCUT2D eigenvalue weighted by atomic mass is 35.5. The summed E-state index contributed by atoms with van der Waals surface area (Å²) in [7, 11) is 1.57. The van der Waals surface area contributed by atoms with Crippen molar-refractivity contribution in [3.05, 3.63) is 52.7 Å². The first kappa shape index (κ1) is 15.6. The van der Waals surface area contributed by atoms with Gasteiger partial charge in [0.05, 0.1) is 7.11 Å². The zero-order valence-electron chi connectivity index (χ0n) is 11.9. The second-order valence-electron chi connectivity index (χ2n) is 4.29. The Morgan fingerprint density at radius 2 is 2.14 bits per heavy atom. The van der Waals surface area contributed by atoms with Gasteiger partial charge in [0, 0.05) is 17.1 Å². The number of nitrogens with one attached hydrogen (secondary N) is 3. The van der Waals surface area contributed by atoms with Gasteiger partial charge in [-0.2, -0.15) is 5.26 Å². The molecule has 0 aliphatic rings. The van der Waals surface area contributed by atoms with Crippen molar-refractivity contribution in [2.24, 2.45) is 0 Å². The summed E-state index contributed by atoms with van der Waals surface area (Å²) < 4.78 is 5.24. The number of aromatic nitrogens is 1. The van der Waals surface area contributed by atoms with E-state index < -0.39 is 0 Å². The van der Waals surface area contributed by atoms with E-state index in [1.807, 2.05) is 6.07 Å². The molecule has 1 aromatic carbocycles. The minimum Gasteiger partial charge on any atom is -0.496 e. The van der Waals surface area contributed by atoms with E-state index >= 15 is 0 Å². The van der Waals surface area contributed by atoms with Crippen molar-refractivity contribution >= 4 is 23.4 Å². The van der Waals surface area contributed by atoms with Gasteiger partial charge in [0.25, 0.3) is 0 Å². The summed E-state index contributed by atoms with van der Waals surface area (Å²) in [4.78, 5) is 4.03. The number of nitrogens with zero attached hydrogens (tertiary/aromatic N) is 2. The first-order chi connectivity index (χ1) is 10.6. The fraction of sp³-hybridized carbons (Fsp3) is 0.133. The summed E-state index contributed by atoms with van der Waals surface area (Å²) in [6, 6.07) is 12.3. The molecule has 6 nitrogen and oxygen atoms in total. The van der Waals surface area contributed by atoms with E-state index in [1.54, 1.807) is 43.5 Å². The number of anilines is 1. The average molecular weight is 316 g/mol. The molecular weight excluding hydrogens is 302 g/mol. The molecule has 0 saturated heterocycles. The van der Waals surface area contributed by atoms with Crippen molar-refractivity contribution in [3.63, 3.8) is 0 Å². The number of nitriles is 1. The summed E-state index contributed by atoms with van der Waals surface area (Å²) >= 11 is 6.13. The van der Waals surface area contributed by atoms with E-state index in [-0.39, 0.29) is 11.7 Å². The fourth-order valence-electron chi connectivity index (χ4n) is 1.82.